The summed E-state index contributed by atoms with van der Waals surface area (Å²) in [4.78, 5) is 0. The van der Waals surface area contributed by atoms with Crippen LogP contribution in [0.5, 0.6) is 5.75 Å². The lowest BCUT2D eigenvalue weighted by Gasteiger charge is -2.02. The first-order valence-electron chi connectivity index (χ1n) is 5.37. The van der Waals surface area contributed by atoms with Gasteiger partial charge in [-0.25, -0.2) is 0 Å². The van der Waals surface area contributed by atoms with E-state index in [1.807, 2.05) is 35.1 Å². The highest BCUT2D eigenvalue weighted by atomic mass is 35.5. The summed E-state index contributed by atoms with van der Waals surface area (Å²) >= 11 is 5.82. The van der Waals surface area contributed by atoms with E-state index in [4.69, 9.17) is 22.1 Å². The van der Waals surface area contributed by atoms with Gasteiger partial charge in [-0.2, -0.15) is 5.10 Å². The molecule has 0 aliphatic carbocycles. The number of aromatic nitrogens is 2. The molecule has 1 heterocycles. The van der Waals surface area contributed by atoms with Gasteiger partial charge >= 0.3 is 0 Å². The fourth-order valence-corrected chi connectivity index (χ4v) is 1.59. The van der Waals surface area contributed by atoms with Crippen molar-refractivity contribution in [3.8, 4) is 5.75 Å². The van der Waals surface area contributed by atoms with Crippen LogP contribution < -0.4 is 10.5 Å². The molecule has 0 atom stereocenters. The first-order chi connectivity index (χ1) is 8.28. The van der Waals surface area contributed by atoms with Crippen LogP contribution in [0.25, 0.3) is 0 Å². The molecule has 0 amide bonds. The predicted molar refractivity (Wildman–Crippen MR) is 67.3 cm³/mol. The van der Waals surface area contributed by atoms with Crippen molar-refractivity contribution in [3.05, 3.63) is 47.2 Å². The maximum atomic E-state index is 5.82. The molecular formula is C12H14ClN3O. The maximum absolute atomic E-state index is 5.82. The summed E-state index contributed by atoms with van der Waals surface area (Å²) < 4.78 is 7.18. The van der Waals surface area contributed by atoms with Crippen molar-refractivity contribution in [1.82, 2.24) is 9.78 Å². The summed E-state index contributed by atoms with van der Waals surface area (Å²) in [6.07, 6.45) is 3.54. The third-order valence-corrected chi connectivity index (χ3v) is 2.51. The number of rotatable bonds is 5. The minimum atomic E-state index is 0.502. The van der Waals surface area contributed by atoms with Crippen LogP contribution in [0, 0.1) is 0 Å². The van der Waals surface area contributed by atoms with E-state index in [1.54, 1.807) is 6.20 Å². The molecule has 0 saturated heterocycles. The molecule has 17 heavy (non-hydrogen) atoms. The second-order valence-electron chi connectivity index (χ2n) is 3.64. The third-order valence-electron chi connectivity index (χ3n) is 2.25. The van der Waals surface area contributed by atoms with Crippen molar-refractivity contribution in [2.45, 2.75) is 6.54 Å². The molecule has 4 nitrogen and oxygen atoms in total. The molecule has 5 heteroatoms. The van der Waals surface area contributed by atoms with Crippen molar-refractivity contribution in [2.24, 2.45) is 5.73 Å². The lowest BCUT2D eigenvalue weighted by Crippen LogP contribution is -2.10. The SMILES string of the molecule is NCCOc1cnn(Cc2ccc(Cl)cc2)c1. The van der Waals surface area contributed by atoms with Crippen molar-refractivity contribution in [2.75, 3.05) is 13.2 Å². The standard InChI is InChI=1S/C12H14ClN3O/c13-11-3-1-10(2-4-11)8-16-9-12(7-15-16)17-6-5-14/h1-4,7,9H,5-6,8,14H2. The molecule has 2 aromatic rings. The normalized spacial score (nSPS) is 10.5. The Kier molecular flexibility index (Phi) is 4.01. The highest BCUT2D eigenvalue weighted by molar-refractivity contribution is 6.30. The monoisotopic (exact) mass is 251 g/mol. The van der Waals surface area contributed by atoms with E-state index in [1.165, 1.54) is 0 Å². The van der Waals surface area contributed by atoms with Gasteiger partial charge in [-0.3, -0.25) is 4.68 Å². The number of hydrogen-bond donors (Lipinski definition) is 1. The van der Waals surface area contributed by atoms with E-state index in [0.717, 1.165) is 16.3 Å². The first-order valence-corrected chi connectivity index (χ1v) is 5.75. The average molecular weight is 252 g/mol. The zero-order chi connectivity index (χ0) is 12.1. The Balaban J connectivity index is 1.98. The summed E-state index contributed by atoms with van der Waals surface area (Å²) in [5.41, 5.74) is 6.50. The van der Waals surface area contributed by atoms with E-state index in [9.17, 15) is 0 Å². The van der Waals surface area contributed by atoms with Gasteiger partial charge in [0.1, 0.15) is 6.61 Å². The minimum absolute atomic E-state index is 0.502. The number of ether oxygens (including phenoxy) is 1. The number of benzene rings is 1. The minimum Gasteiger partial charge on any atom is -0.489 e. The molecule has 90 valence electrons. The van der Waals surface area contributed by atoms with Crippen LogP contribution in [0.4, 0.5) is 0 Å². The van der Waals surface area contributed by atoms with E-state index in [0.29, 0.717) is 19.7 Å². The van der Waals surface area contributed by atoms with Crippen LogP contribution in [0.3, 0.4) is 0 Å². The van der Waals surface area contributed by atoms with Gasteiger partial charge in [0.05, 0.1) is 18.9 Å². The second kappa shape index (κ2) is 5.70. The fourth-order valence-electron chi connectivity index (χ4n) is 1.46. The second-order valence-corrected chi connectivity index (χ2v) is 4.07. The molecule has 2 rings (SSSR count). The number of nitrogens with zero attached hydrogens (tertiary/aromatic N) is 2. The van der Waals surface area contributed by atoms with Gasteiger partial charge in [-0.15, -0.1) is 0 Å². The summed E-state index contributed by atoms with van der Waals surface area (Å²) in [6.45, 7) is 1.71. The first kappa shape index (κ1) is 12.0. The molecule has 0 unspecified atom stereocenters. The molecule has 0 spiro atoms. The molecule has 0 saturated carbocycles. The number of nitrogens with two attached hydrogens (primary N) is 1. The van der Waals surface area contributed by atoms with Gasteiger partial charge in [0.25, 0.3) is 0 Å². The van der Waals surface area contributed by atoms with Crippen molar-refractivity contribution >= 4 is 11.6 Å². The Bertz CT molecular complexity index is 467. The molecule has 0 fully saturated rings. The van der Waals surface area contributed by atoms with Crippen LogP contribution >= 0.6 is 11.6 Å². The zero-order valence-electron chi connectivity index (χ0n) is 9.34. The van der Waals surface area contributed by atoms with Crippen LogP contribution in [-0.2, 0) is 6.54 Å². The Morgan fingerprint density at radius 1 is 1.29 bits per heavy atom. The Morgan fingerprint density at radius 3 is 2.76 bits per heavy atom. The lowest BCUT2D eigenvalue weighted by molar-refractivity contribution is 0.328. The topological polar surface area (TPSA) is 53.1 Å². The van der Waals surface area contributed by atoms with Crippen molar-refractivity contribution in [3.63, 3.8) is 0 Å². The highest BCUT2D eigenvalue weighted by Crippen LogP contribution is 2.12. The molecular weight excluding hydrogens is 238 g/mol. The quantitative estimate of drug-likeness (QED) is 0.883. The maximum Gasteiger partial charge on any atom is 0.157 e. The van der Waals surface area contributed by atoms with Crippen LogP contribution in [0.2, 0.25) is 5.02 Å². The largest absolute Gasteiger partial charge is 0.489 e. The Hall–Kier alpha value is -1.52. The third kappa shape index (κ3) is 3.47. The van der Waals surface area contributed by atoms with Crippen LogP contribution in [0.15, 0.2) is 36.7 Å². The average Bonchev–Trinajstić information content (AvgIpc) is 2.77. The summed E-state index contributed by atoms with van der Waals surface area (Å²) in [5, 5.41) is 4.94. The van der Waals surface area contributed by atoms with Gasteiger partial charge in [-0.05, 0) is 17.7 Å². The van der Waals surface area contributed by atoms with Gasteiger partial charge in [0.2, 0.25) is 0 Å². The van der Waals surface area contributed by atoms with Crippen molar-refractivity contribution in [1.29, 1.82) is 0 Å². The van der Waals surface area contributed by atoms with Crippen molar-refractivity contribution < 1.29 is 4.74 Å². The Morgan fingerprint density at radius 2 is 2.06 bits per heavy atom. The summed E-state index contributed by atoms with van der Waals surface area (Å²) in [7, 11) is 0. The lowest BCUT2D eigenvalue weighted by atomic mass is 10.2. The highest BCUT2D eigenvalue weighted by Gasteiger charge is 2.00. The molecule has 0 bridgehead atoms. The molecule has 2 N–H and O–H groups in total. The zero-order valence-corrected chi connectivity index (χ0v) is 10.1. The number of halogens is 1. The van der Waals surface area contributed by atoms with Gasteiger partial charge in [0.15, 0.2) is 5.75 Å². The number of hydrogen-bond acceptors (Lipinski definition) is 3. The Labute approximate surface area is 105 Å². The van der Waals surface area contributed by atoms with Gasteiger partial charge in [-0.1, -0.05) is 23.7 Å². The summed E-state index contributed by atoms with van der Waals surface area (Å²) in [6, 6.07) is 7.69. The van der Waals surface area contributed by atoms with Crippen LogP contribution in [-0.4, -0.2) is 22.9 Å². The van der Waals surface area contributed by atoms with Crippen LogP contribution in [0.1, 0.15) is 5.56 Å². The molecule has 0 aliphatic heterocycles. The molecule has 1 aromatic carbocycles. The molecule has 1 aromatic heterocycles. The fraction of sp³-hybridized carbons (Fsp3) is 0.250. The van der Waals surface area contributed by atoms with Gasteiger partial charge < -0.3 is 10.5 Å². The molecule has 0 aliphatic rings. The van der Waals surface area contributed by atoms with Gasteiger partial charge in [0, 0.05) is 11.6 Å². The predicted octanol–water partition coefficient (Wildman–Crippen LogP) is 1.92. The van der Waals surface area contributed by atoms with E-state index >= 15 is 0 Å². The van der Waals surface area contributed by atoms with E-state index in [2.05, 4.69) is 5.10 Å². The van der Waals surface area contributed by atoms with E-state index < -0.39 is 0 Å². The molecule has 0 radical (unpaired) electrons. The smallest absolute Gasteiger partial charge is 0.157 e. The summed E-state index contributed by atoms with van der Waals surface area (Å²) in [5.74, 6) is 0.740. The van der Waals surface area contributed by atoms with E-state index in [-0.39, 0.29) is 0 Å².